The molecule has 0 nitrogen and oxygen atoms in total. The molecule has 0 radical (unpaired) electrons. The summed E-state index contributed by atoms with van der Waals surface area (Å²) in [6.45, 7) is 0. The van der Waals surface area contributed by atoms with Crippen LogP contribution in [-0.4, -0.2) is 0 Å². The van der Waals surface area contributed by atoms with Gasteiger partial charge in [0, 0.05) is 15.9 Å². The summed E-state index contributed by atoms with van der Waals surface area (Å²) in [5.41, 5.74) is 0.944. The van der Waals surface area contributed by atoms with Crippen molar-refractivity contribution in [3.8, 4) is 0 Å². The number of hydrogen-bond acceptors (Lipinski definition) is 0. The maximum atomic E-state index is 5.69. The SMILES string of the molecule is ClCc1cc(Cl)cc(Cl)c1.[Br][Zn][Br]. The van der Waals surface area contributed by atoms with Crippen molar-refractivity contribution in [2.75, 3.05) is 0 Å². The fraction of sp³-hybridized carbons (Fsp3) is 0.143. The molecule has 6 heteroatoms. The van der Waals surface area contributed by atoms with Crippen LogP contribution in [0.2, 0.25) is 10.0 Å². The molecule has 0 unspecified atom stereocenters. The first-order valence-electron chi connectivity index (χ1n) is 3.27. The molecule has 0 aliphatic heterocycles. The molecular weight excluding hydrogens is 416 g/mol. The third kappa shape index (κ3) is 7.58. The van der Waals surface area contributed by atoms with E-state index in [1.807, 2.05) is 0 Å². The van der Waals surface area contributed by atoms with Gasteiger partial charge in [0.1, 0.15) is 0 Å². The number of hydrogen-bond donors (Lipinski definition) is 0. The first-order chi connectivity index (χ1) is 6.13. The first kappa shape index (κ1) is 14.7. The molecule has 1 aromatic carbocycles. The van der Waals surface area contributed by atoms with E-state index in [0.29, 0.717) is 15.9 Å². The molecule has 0 N–H and O–H groups in total. The number of rotatable bonds is 1. The van der Waals surface area contributed by atoms with E-state index in [1.54, 1.807) is 18.2 Å². The van der Waals surface area contributed by atoms with Crippen molar-refractivity contribution in [2.45, 2.75) is 5.88 Å². The van der Waals surface area contributed by atoms with Gasteiger partial charge < -0.3 is 0 Å². The van der Waals surface area contributed by atoms with Crippen LogP contribution in [0.25, 0.3) is 0 Å². The molecule has 0 aliphatic rings. The van der Waals surface area contributed by atoms with Crippen molar-refractivity contribution >= 4 is 62.0 Å². The zero-order valence-corrected chi connectivity index (χ0v) is 14.9. The zero-order chi connectivity index (χ0) is 10.3. The molecule has 0 bridgehead atoms. The summed E-state index contributed by atoms with van der Waals surface area (Å²) in [6.07, 6.45) is 0. The van der Waals surface area contributed by atoms with Gasteiger partial charge in [-0.05, 0) is 23.8 Å². The summed E-state index contributed by atoms with van der Waals surface area (Å²) in [5, 5.41) is 1.26. The summed E-state index contributed by atoms with van der Waals surface area (Å²) in [7, 11) is 0. The van der Waals surface area contributed by atoms with Gasteiger partial charge in [-0.2, -0.15) is 0 Å². The number of halogens is 5. The molecule has 0 amide bonds. The van der Waals surface area contributed by atoms with Crippen molar-refractivity contribution < 1.29 is 13.2 Å². The predicted octanol–water partition coefficient (Wildman–Crippen LogP) is 5.42. The Morgan fingerprint density at radius 3 is 1.77 bits per heavy atom. The molecule has 70 valence electrons. The van der Waals surface area contributed by atoms with Crippen LogP contribution < -0.4 is 0 Å². The van der Waals surface area contributed by atoms with Crippen molar-refractivity contribution in [1.82, 2.24) is 0 Å². The van der Waals surface area contributed by atoms with Gasteiger partial charge in [0.2, 0.25) is 0 Å². The topological polar surface area (TPSA) is 0 Å². The van der Waals surface area contributed by atoms with Gasteiger partial charge in [0.25, 0.3) is 0 Å². The maximum absolute atomic E-state index is 5.69. The van der Waals surface area contributed by atoms with E-state index in [9.17, 15) is 0 Å². The summed E-state index contributed by atoms with van der Waals surface area (Å²) in [4.78, 5) is 0. The van der Waals surface area contributed by atoms with Crippen LogP contribution in [0.5, 0.6) is 0 Å². The van der Waals surface area contributed by atoms with E-state index in [1.165, 1.54) is 0 Å². The Labute approximate surface area is 114 Å². The molecule has 1 aromatic rings. The number of alkyl halides is 1. The van der Waals surface area contributed by atoms with Crippen LogP contribution in [0.4, 0.5) is 0 Å². The Morgan fingerprint density at radius 1 is 1.08 bits per heavy atom. The molecule has 1 rings (SSSR count). The fourth-order valence-corrected chi connectivity index (χ4v) is 1.41. The van der Waals surface area contributed by atoms with Gasteiger partial charge >= 0.3 is 40.5 Å². The van der Waals surface area contributed by atoms with Gasteiger partial charge in [-0.1, -0.05) is 23.2 Å². The van der Waals surface area contributed by atoms with E-state index in [-0.39, 0.29) is 13.2 Å². The van der Waals surface area contributed by atoms with E-state index < -0.39 is 0 Å². The van der Waals surface area contributed by atoms with E-state index >= 15 is 0 Å². The summed E-state index contributed by atoms with van der Waals surface area (Å²) >= 11 is 23.2. The molecule has 0 heterocycles. The second kappa shape index (κ2) is 8.94. The third-order valence-electron chi connectivity index (χ3n) is 1.08. The average molecular weight is 421 g/mol. The molecule has 0 aromatic heterocycles. The van der Waals surface area contributed by atoms with Crippen molar-refractivity contribution in [3.05, 3.63) is 33.8 Å². The minimum absolute atomic E-state index is 0.250. The Bertz CT molecular complexity index is 237. The van der Waals surface area contributed by atoms with E-state index in [4.69, 9.17) is 34.8 Å². The molecule has 0 aliphatic carbocycles. The van der Waals surface area contributed by atoms with Crippen molar-refractivity contribution in [3.63, 3.8) is 0 Å². The predicted molar refractivity (Wildman–Crippen MR) is 63.9 cm³/mol. The van der Waals surface area contributed by atoms with Gasteiger partial charge in [0.15, 0.2) is 0 Å². The second-order valence-electron chi connectivity index (χ2n) is 2.01. The number of benzene rings is 1. The van der Waals surface area contributed by atoms with Crippen molar-refractivity contribution in [2.24, 2.45) is 0 Å². The average Bonchev–Trinajstić information content (AvgIpc) is 2.04. The van der Waals surface area contributed by atoms with Crippen LogP contribution in [0.1, 0.15) is 5.56 Å². The standard InChI is InChI=1S/C7H5Cl3.2BrH.Zn/c8-4-5-1-6(9)3-7(10)2-5;;;/h1-3H,4H2;2*1H;/q;;;+2/p-2. The molecule has 0 spiro atoms. The zero-order valence-electron chi connectivity index (χ0n) is 6.54. The minimum atomic E-state index is -0.250. The third-order valence-corrected chi connectivity index (χ3v) is 1.82. The van der Waals surface area contributed by atoms with Crippen LogP contribution in [0.3, 0.4) is 0 Å². The fourth-order valence-electron chi connectivity index (χ4n) is 0.688. The Hall–Kier alpha value is 1.67. The van der Waals surface area contributed by atoms with Crippen LogP contribution in [0, 0.1) is 0 Å². The monoisotopic (exact) mass is 416 g/mol. The summed E-state index contributed by atoms with van der Waals surface area (Å²) in [6, 6.07) is 5.26. The van der Waals surface area contributed by atoms with E-state index in [0.717, 1.165) is 5.56 Å². The van der Waals surface area contributed by atoms with E-state index in [2.05, 4.69) is 27.2 Å². The molecule has 0 fully saturated rings. The van der Waals surface area contributed by atoms with Gasteiger partial charge in [-0.3, -0.25) is 0 Å². The second-order valence-corrected chi connectivity index (χ2v) is 17.2. The van der Waals surface area contributed by atoms with Gasteiger partial charge in [-0.15, -0.1) is 11.6 Å². The molecule has 0 saturated heterocycles. The van der Waals surface area contributed by atoms with Crippen LogP contribution >= 0.6 is 62.0 Å². The first-order valence-corrected chi connectivity index (χ1v) is 18.5. The Balaban J connectivity index is 0.000000424. The van der Waals surface area contributed by atoms with Gasteiger partial charge in [-0.25, -0.2) is 0 Å². The van der Waals surface area contributed by atoms with Crippen molar-refractivity contribution in [1.29, 1.82) is 0 Å². The molecule has 0 saturated carbocycles. The molecule has 13 heavy (non-hydrogen) atoms. The Kier molecular flexibility index (Phi) is 10.1. The normalized spacial score (nSPS) is 8.38. The summed E-state index contributed by atoms with van der Waals surface area (Å²) < 4.78 is 0. The molecular formula is C7H5Br2Cl3Zn. The van der Waals surface area contributed by atoms with Crippen LogP contribution in [0.15, 0.2) is 18.2 Å². The Morgan fingerprint density at radius 2 is 1.46 bits per heavy atom. The van der Waals surface area contributed by atoms with Crippen LogP contribution in [-0.2, 0) is 19.1 Å². The molecule has 0 atom stereocenters. The summed E-state index contributed by atoms with van der Waals surface area (Å²) in [5.74, 6) is 0.445. The quantitative estimate of drug-likeness (QED) is 0.420. The van der Waals surface area contributed by atoms with Gasteiger partial charge in [0.05, 0.1) is 0 Å².